The summed E-state index contributed by atoms with van der Waals surface area (Å²) < 4.78 is 5.73. The maximum Gasteiger partial charge on any atom is 0.242 e. The molecule has 1 atom stereocenters. The zero-order valence-electron chi connectivity index (χ0n) is 14.3. The van der Waals surface area contributed by atoms with Crippen LogP contribution in [0.3, 0.4) is 0 Å². The van der Waals surface area contributed by atoms with E-state index in [1.807, 2.05) is 42.2 Å². The van der Waals surface area contributed by atoms with Gasteiger partial charge in [0.15, 0.2) is 0 Å². The topological polar surface area (TPSA) is 58.8 Å². The minimum Gasteiger partial charge on any atom is -0.492 e. The Labute approximate surface area is 139 Å². The molecule has 1 fully saturated rings. The van der Waals surface area contributed by atoms with Crippen LogP contribution in [-0.2, 0) is 4.79 Å². The minimum absolute atomic E-state index is 0.0829. The monoisotopic (exact) mass is 319 g/mol. The second-order valence-corrected chi connectivity index (χ2v) is 6.46. The van der Waals surface area contributed by atoms with E-state index >= 15 is 0 Å². The molecule has 5 heteroatoms. The summed E-state index contributed by atoms with van der Waals surface area (Å²) in [5.41, 5.74) is 5.43. The van der Waals surface area contributed by atoms with Crippen LogP contribution >= 0.6 is 0 Å². The van der Waals surface area contributed by atoms with Crippen molar-refractivity contribution in [2.24, 2.45) is 5.73 Å². The number of amides is 1. The number of nitrogens with two attached hydrogens (primary N) is 1. The predicted molar refractivity (Wildman–Crippen MR) is 92.5 cm³/mol. The second-order valence-electron chi connectivity index (χ2n) is 6.46. The maximum atomic E-state index is 12.5. The predicted octanol–water partition coefficient (Wildman–Crippen LogP) is 1.73. The van der Waals surface area contributed by atoms with E-state index in [1.165, 1.54) is 0 Å². The van der Waals surface area contributed by atoms with Gasteiger partial charge in [-0.15, -0.1) is 0 Å². The summed E-state index contributed by atoms with van der Waals surface area (Å²) in [4.78, 5) is 16.7. The number of ether oxygens (including phenoxy) is 1. The number of piperazine rings is 1. The highest BCUT2D eigenvalue weighted by Crippen LogP contribution is 2.15. The van der Waals surface area contributed by atoms with Gasteiger partial charge in [0.05, 0.1) is 5.54 Å². The lowest BCUT2D eigenvalue weighted by Crippen LogP contribution is -2.58. The molecule has 0 aromatic heterocycles. The molecule has 0 bridgehead atoms. The number of carbonyl (C=O) groups excluding carboxylic acids is 1. The number of nitrogens with zero attached hydrogens (tertiary/aromatic N) is 2. The summed E-state index contributed by atoms with van der Waals surface area (Å²) in [6.45, 7) is 8.72. The minimum atomic E-state index is -0.729. The van der Waals surface area contributed by atoms with Crippen molar-refractivity contribution in [2.45, 2.75) is 32.2 Å². The maximum absolute atomic E-state index is 12.5. The molecule has 5 nitrogen and oxygen atoms in total. The third-order valence-corrected chi connectivity index (χ3v) is 4.34. The fourth-order valence-electron chi connectivity index (χ4n) is 2.97. The van der Waals surface area contributed by atoms with Crippen LogP contribution in [0.1, 0.15) is 26.7 Å². The van der Waals surface area contributed by atoms with Crippen LogP contribution < -0.4 is 10.5 Å². The Kier molecular flexibility index (Phi) is 6.42. The molecule has 0 radical (unpaired) electrons. The highest BCUT2D eigenvalue weighted by atomic mass is 16.5. The zero-order chi connectivity index (χ0) is 16.7. The first-order valence-corrected chi connectivity index (χ1v) is 8.51. The standard InChI is InChI=1S/C18H29N3O2/c1-3-9-18(2,19)17(22)21-12-10-20(11-13-21)14-15-23-16-7-5-4-6-8-16/h4-8H,3,9-15,19H2,1-2H3. The van der Waals surface area contributed by atoms with Crippen molar-refractivity contribution in [3.05, 3.63) is 30.3 Å². The first kappa shape index (κ1) is 17.8. The van der Waals surface area contributed by atoms with Crippen molar-refractivity contribution < 1.29 is 9.53 Å². The van der Waals surface area contributed by atoms with Crippen molar-refractivity contribution in [2.75, 3.05) is 39.3 Å². The Morgan fingerprint density at radius 2 is 1.87 bits per heavy atom. The molecule has 1 aliphatic rings. The lowest BCUT2D eigenvalue weighted by Gasteiger charge is -2.38. The summed E-state index contributed by atoms with van der Waals surface area (Å²) in [7, 11) is 0. The fraction of sp³-hybridized carbons (Fsp3) is 0.611. The number of hydrogen-bond acceptors (Lipinski definition) is 4. The Morgan fingerprint density at radius 3 is 2.48 bits per heavy atom. The Hall–Kier alpha value is -1.59. The van der Waals surface area contributed by atoms with Gasteiger partial charge in [-0.3, -0.25) is 9.69 Å². The molecule has 128 valence electrons. The van der Waals surface area contributed by atoms with E-state index < -0.39 is 5.54 Å². The van der Waals surface area contributed by atoms with Crippen LogP contribution in [0, 0.1) is 0 Å². The van der Waals surface area contributed by atoms with Crippen molar-refractivity contribution >= 4 is 5.91 Å². The van der Waals surface area contributed by atoms with Gasteiger partial charge in [-0.05, 0) is 25.5 Å². The van der Waals surface area contributed by atoms with Crippen LogP contribution in [0.5, 0.6) is 5.75 Å². The summed E-state index contributed by atoms with van der Waals surface area (Å²) in [6, 6.07) is 9.85. The van der Waals surface area contributed by atoms with Crippen molar-refractivity contribution in [3.63, 3.8) is 0 Å². The molecule has 2 N–H and O–H groups in total. The van der Waals surface area contributed by atoms with E-state index in [-0.39, 0.29) is 5.91 Å². The molecule has 1 saturated heterocycles. The van der Waals surface area contributed by atoms with Gasteiger partial charge in [0.25, 0.3) is 0 Å². The third-order valence-electron chi connectivity index (χ3n) is 4.34. The van der Waals surface area contributed by atoms with Gasteiger partial charge < -0.3 is 15.4 Å². The fourth-order valence-corrected chi connectivity index (χ4v) is 2.97. The summed E-state index contributed by atoms with van der Waals surface area (Å²) in [5.74, 6) is 0.985. The van der Waals surface area contributed by atoms with Crippen LogP contribution in [0.15, 0.2) is 30.3 Å². The van der Waals surface area contributed by atoms with Crippen molar-refractivity contribution in [3.8, 4) is 5.75 Å². The van der Waals surface area contributed by atoms with Crippen molar-refractivity contribution in [1.29, 1.82) is 0 Å². The molecule has 1 aromatic rings. The number of benzene rings is 1. The average Bonchev–Trinajstić information content (AvgIpc) is 2.56. The molecule has 0 saturated carbocycles. The van der Waals surface area contributed by atoms with E-state index in [0.717, 1.165) is 51.3 Å². The molecule has 2 rings (SSSR count). The molecule has 0 spiro atoms. The van der Waals surface area contributed by atoms with Gasteiger partial charge in [0, 0.05) is 32.7 Å². The first-order chi connectivity index (χ1) is 11.0. The van der Waals surface area contributed by atoms with Crippen molar-refractivity contribution in [1.82, 2.24) is 9.80 Å². The number of rotatable bonds is 7. The van der Waals surface area contributed by atoms with E-state index in [4.69, 9.17) is 10.5 Å². The summed E-state index contributed by atoms with van der Waals surface area (Å²) in [6.07, 6.45) is 1.66. The van der Waals surface area contributed by atoms with E-state index in [2.05, 4.69) is 11.8 Å². The average molecular weight is 319 g/mol. The van der Waals surface area contributed by atoms with Gasteiger partial charge in [0.1, 0.15) is 12.4 Å². The molecule has 1 aliphatic heterocycles. The summed E-state index contributed by atoms with van der Waals surface area (Å²) >= 11 is 0. The molecular formula is C18H29N3O2. The highest BCUT2D eigenvalue weighted by molar-refractivity contribution is 5.85. The largest absolute Gasteiger partial charge is 0.492 e. The first-order valence-electron chi connectivity index (χ1n) is 8.51. The second kappa shape index (κ2) is 8.31. The lowest BCUT2D eigenvalue weighted by molar-refractivity contribution is -0.138. The normalized spacial score (nSPS) is 18.5. The van der Waals surface area contributed by atoms with E-state index in [9.17, 15) is 4.79 Å². The molecule has 0 aliphatic carbocycles. The van der Waals surface area contributed by atoms with Gasteiger partial charge in [0.2, 0.25) is 5.91 Å². The Balaban J connectivity index is 1.70. The smallest absolute Gasteiger partial charge is 0.242 e. The van der Waals surface area contributed by atoms with E-state index in [0.29, 0.717) is 6.61 Å². The number of carbonyl (C=O) groups is 1. The quantitative estimate of drug-likeness (QED) is 0.831. The van der Waals surface area contributed by atoms with E-state index in [1.54, 1.807) is 0 Å². The van der Waals surface area contributed by atoms with Crippen LogP contribution in [0.2, 0.25) is 0 Å². The molecular weight excluding hydrogens is 290 g/mol. The van der Waals surface area contributed by atoms with Crippen LogP contribution in [-0.4, -0.2) is 60.6 Å². The van der Waals surface area contributed by atoms with Gasteiger partial charge in [-0.25, -0.2) is 0 Å². The molecule has 1 amide bonds. The SMILES string of the molecule is CCCC(C)(N)C(=O)N1CCN(CCOc2ccccc2)CC1. The molecule has 1 aromatic carbocycles. The highest BCUT2D eigenvalue weighted by Gasteiger charge is 2.33. The molecule has 23 heavy (non-hydrogen) atoms. The van der Waals surface area contributed by atoms with Gasteiger partial charge >= 0.3 is 0 Å². The Morgan fingerprint density at radius 1 is 1.22 bits per heavy atom. The Bertz CT molecular complexity index is 482. The third kappa shape index (κ3) is 5.22. The van der Waals surface area contributed by atoms with Crippen LogP contribution in [0.4, 0.5) is 0 Å². The summed E-state index contributed by atoms with van der Waals surface area (Å²) in [5, 5.41) is 0. The van der Waals surface area contributed by atoms with Gasteiger partial charge in [-0.1, -0.05) is 31.5 Å². The number of hydrogen-bond donors (Lipinski definition) is 1. The zero-order valence-corrected chi connectivity index (χ0v) is 14.3. The number of para-hydroxylation sites is 1. The van der Waals surface area contributed by atoms with Gasteiger partial charge in [-0.2, -0.15) is 0 Å². The van der Waals surface area contributed by atoms with Crippen LogP contribution in [0.25, 0.3) is 0 Å². The molecule has 1 heterocycles. The lowest BCUT2D eigenvalue weighted by atomic mass is 9.95. The molecule has 1 unspecified atom stereocenters.